The van der Waals surface area contributed by atoms with Gasteiger partial charge in [0.2, 0.25) is 11.8 Å². The second-order valence-electron chi connectivity index (χ2n) is 6.64. The molecular weight excluding hydrogens is 368 g/mol. The lowest BCUT2D eigenvalue weighted by molar-refractivity contribution is -0.139. The third kappa shape index (κ3) is 5.08. The first-order chi connectivity index (χ1) is 14.0. The van der Waals surface area contributed by atoms with Gasteiger partial charge >= 0.3 is 5.97 Å². The highest BCUT2D eigenvalue weighted by Gasteiger charge is 2.13. The summed E-state index contributed by atoms with van der Waals surface area (Å²) in [7, 11) is 1.53. The summed E-state index contributed by atoms with van der Waals surface area (Å²) >= 11 is 0. The molecule has 1 atom stereocenters. The Balaban J connectivity index is 1.86. The number of carboxylic acid groups (broad SMARTS) is 1. The Morgan fingerprint density at radius 3 is 2.59 bits per heavy atom. The van der Waals surface area contributed by atoms with Crippen molar-refractivity contribution in [2.75, 3.05) is 12.4 Å². The highest BCUT2D eigenvalue weighted by molar-refractivity contribution is 5.75. The molecule has 0 aliphatic carbocycles. The lowest BCUT2D eigenvalue weighted by Gasteiger charge is -2.14. The van der Waals surface area contributed by atoms with Gasteiger partial charge in [-0.25, -0.2) is 4.98 Å². The quantitative estimate of drug-likeness (QED) is 0.537. The van der Waals surface area contributed by atoms with Crippen LogP contribution in [-0.2, 0) is 11.3 Å². The molecule has 1 heterocycles. The van der Waals surface area contributed by atoms with Gasteiger partial charge in [-0.3, -0.25) is 10.1 Å². The molecule has 0 bridgehead atoms. The summed E-state index contributed by atoms with van der Waals surface area (Å²) in [6.07, 6.45) is 0. The summed E-state index contributed by atoms with van der Waals surface area (Å²) in [4.78, 5) is 19.9. The van der Waals surface area contributed by atoms with E-state index in [9.17, 15) is 4.79 Å². The van der Waals surface area contributed by atoms with E-state index < -0.39 is 12.0 Å². The maximum Gasteiger partial charge on any atom is 0.320 e. The lowest BCUT2D eigenvalue weighted by Crippen LogP contribution is -2.33. The first kappa shape index (κ1) is 20.3. The van der Waals surface area contributed by atoms with Gasteiger partial charge in [-0.1, -0.05) is 42.5 Å². The van der Waals surface area contributed by atoms with E-state index in [1.54, 1.807) is 13.0 Å². The molecule has 0 aliphatic rings. The monoisotopic (exact) mass is 392 g/mol. The zero-order valence-electron chi connectivity index (χ0n) is 16.6. The van der Waals surface area contributed by atoms with Crippen LogP contribution in [0.2, 0.25) is 0 Å². The first-order valence-electron chi connectivity index (χ1n) is 9.28. The Morgan fingerprint density at radius 1 is 1.14 bits per heavy atom. The fourth-order valence-corrected chi connectivity index (χ4v) is 2.89. The van der Waals surface area contributed by atoms with Gasteiger partial charge in [0, 0.05) is 18.3 Å². The van der Waals surface area contributed by atoms with E-state index in [0.717, 1.165) is 22.4 Å². The van der Waals surface area contributed by atoms with Gasteiger partial charge in [-0.05, 0) is 36.6 Å². The second kappa shape index (κ2) is 9.16. The second-order valence-corrected chi connectivity index (χ2v) is 6.64. The van der Waals surface area contributed by atoms with Crippen molar-refractivity contribution in [1.82, 2.24) is 15.3 Å². The standard InChI is InChI=1S/C22H24N4O3/c1-14-18(16-8-5-4-6-9-16)10-7-11-19(14)25-22-24-17(12-20(26-22)29-3)13-23-15(2)21(27)28/h4-12,15,23H,13H2,1-3H3,(H,27,28)(H,24,25,26)/t15-/m0/s1. The van der Waals surface area contributed by atoms with E-state index in [-0.39, 0.29) is 6.54 Å². The van der Waals surface area contributed by atoms with Crippen LogP contribution >= 0.6 is 0 Å². The fraction of sp³-hybridized carbons (Fsp3) is 0.227. The number of methoxy groups -OCH3 is 1. The molecule has 0 amide bonds. The molecule has 3 rings (SSSR count). The molecule has 2 aromatic carbocycles. The van der Waals surface area contributed by atoms with E-state index in [1.165, 1.54) is 7.11 Å². The van der Waals surface area contributed by atoms with Crippen LogP contribution in [0.15, 0.2) is 54.6 Å². The molecule has 3 aromatic rings. The molecule has 150 valence electrons. The molecule has 29 heavy (non-hydrogen) atoms. The number of carboxylic acids is 1. The lowest BCUT2D eigenvalue weighted by atomic mass is 9.99. The molecule has 0 saturated carbocycles. The third-order valence-electron chi connectivity index (χ3n) is 4.59. The molecule has 7 heteroatoms. The highest BCUT2D eigenvalue weighted by atomic mass is 16.5. The molecule has 7 nitrogen and oxygen atoms in total. The third-order valence-corrected chi connectivity index (χ3v) is 4.59. The SMILES string of the molecule is COc1cc(CN[C@@H](C)C(=O)O)nc(Nc2cccc(-c3ccccc3)c2C)n1. The Labute approximate surface area is 169 Å². The Kier molecular flexibility index (Phi) is 6.41. The number of carbonyl (C=O) groups is 1. The maximum atomic E-state index is 11.0. The van der Waals surface area contributed by atoms with Crippen LogP contribution in [0, 0.1) is 6.92 Å². The molecule has 0 saturated heterocycles. The minimum Gasteiger partial charge on any atom is -0.481 e. The highest BCUT2D eigenvalue weighted by Crippen LogP contribution is 2.29. The zero-order valence-corrected chi connectivity index (χ0v) is 16.6. The van der Waals surface area contributed by atoms with Gasteiger partial charge in [0.15, 0.2) is 0 Å². The van der Waals surface area contributed by atoms with Crippen molar-refractivity contribution in [1.29, 1.82) is 0 Å². The summed E-state index contributed by atoms with van der Waals surface area (Å²) in [6, 6.07) is 17.2. The van der Waals surface area contributed by atoms with Crippen LogP contribution in [0.3, 0.4) is 0 Å². The van der Waals surface area contributed by atoms with Gasteiger partial charge in [-0.15, -0.1) is 0 Å². The molecule has 0 spiro atoms. The van der Waals surface area contributed by atoms with Gasteiger partial charge in [0.05, 0.1) is 12.8 Å². The summed E-state index contributed by atoms with van der Waals surface area (Å²) < 4.78 is 5.28. The molecular formula is C22H24N4O3. The van der Waals surface area contributed by atoms with Crippen molar-refractivity contribution in [3.05, 3.63) is 65.9 Å². The summed E-state index contributed by atoms with van der Waals surface area (Å²) in [5.74, 6) is -0.130. The molecule has 1 aromatic heterocycles. The molecule has 0 radical (unpaired) electrons. The largest absolute Gasteiger partial charge is 0.481 e. The van der Waals surface area contributed by atoms with Gasteiger partial charge < -0.3 is 15.2 Å². The van der Waals surface area contributed by atoms with Crippen molar-refractivity contribution in [3.8, 4) is 17.0 Å². The minimum absolute atomic E-state index is 0.282. The number of aliphatic carboxylic acids is 1. The van der Waals surface area contributed by atoms with Crippen molar-refractivity contribution >= 4 is 17.6 Å². The van der Waals surface area contributed by atoms with Gasteiger partial charge in [-0.2, -0.15) is 4.98 Å². The fourth-order valence-electron chi connectivity index (χ4n) is 2.89. The number of rotatable bonds is 8. The average Bonchev–Trinajstić information content (AvgIpc) is 2.73. The van der Waals surface area contributed by atoms with E-state index >= 15 is 0 Å². The molecule has 0 aliphatic heterocycles. The first-order valence-corrected chi connectivity index (χ1v) is 9.28. The molecule has 3 N–H and O–H groups in total. The van der Waals surface area contributed by atoms with E-state index in [1.807, 2.05) is 37.3 Å². The Hall–Kier alpha value is -3.45. The van der Waals surface area contributed by atoms with Gasteiger partial charge in [0.25, 0.3) is 0 Å². The number of ether oxygens (including phenoxy) is 1. The minimum atomic E-state index is -0.919. The average molecular weight is 392 g/mol. The number of anilines is 2. The Bertz CT molecular complexity index is 993. The molecule has 0 fully saturated rings. The van der Waals surface area contributed by atoms with Crippen LogP contribution in [0.25, 0.3) is 11.1 Å². The van der Waals surface area contributed by atoms with Crippen molar-refractivity contribution < 1.29 is 14.6 Å². The number of hydrogen-bond acceptors (Lipinski definition) is 6. The number of nitrogens with zero attached hydrogens (tertiary/aromatic N) is 2. The van der Waals surface area contributed by atoms with Crippen molar-refractivity contribution in [2.24, 2.45) is 0 Å². The van der Waals surface area contributed by atoms with Crippen molar-refractivity contribution in [3.63, 3.8) is 0 Å². The summed E-state index contributed by atoms with van der Waals surface area (Å²) in [5, 5.41) is 15.2. The van der Waals surface area contributed by atoms with E-state index in [4.69, 9.17) is 9.84 Å². The van der Waals surface area contributed by atoms with Crippen LogP contribution in [0.1, 0.15) is 18.2 Å². The predicted molar refractivity (Wildman–Crippen MR) is 112 cm³/mol. The van der Waals surface area contributed by atoms with Crippen LogP contribution < -0.4 is 15.4 Å². The number of nitrogens with one attached hydrogen (secondary N) is 2. The summed E-state index contributed by atoms with van der Waals surface area (Å²) in [6.45, 7) is 3.91. The van der Waals surface area contributed by atoms with E-state index in [2.05, 4.69) is 38.8 Å². The number of aromatic nitrogens is 2. The van der Waals surface area contributed by atoms with E-state index in [0.29, 0.717) is 17.5 Å². The van der Waals surface area contributed by atoms with Gasteiger partial charge in [0.1, 0.15) is 6.04 Å². The predicted octanol–water partition coefficient (Wildman–Crippen LogP) is 3.77. The van der Waals surface area contributed by atoms with Crippen LogP contribution in [0.4, 0.5) is 11.6 Å². The normalized spacial score (nSPS) is 11.7. The van der Waals surface area contributed by atoms with Crippen molar-refractivity contribution in [2.45, 2.75) is 26.4 Å². The van der Waals surface area contributed by atoms with Crippen LogP contribution in [-0.4, -0.2) is 34.2 Å². The topological polar surface area (TPSA) is 96.4 Å². The number of hydrogen-bond donors (Lipinski definition) is 3. The van der Waals surface area contributed by atoms with Crippen LogP contribution in [0.5, 0.6) is 5.88 Å². The maximum absolute atomic E-state index is 11.0. The smallest absolute Gasteiger partial charge is 0.320 e. The number of benzene rings is 2. The zero-order chi connectivity index (χ0) is 20.8. The summed E-state index contributed by atoms with van der Waals surface area (Å²) in [5.41, 5.74) is 4.84. The Morgan fingerprint density at radius 2 is 1.90 bits per heavy atom. The molecule has 0 unspecified atom stereocenters.